The van der Waals surface area contributed by atoms with Crippen LogP contribution in [0.5, 0.6) is 5.75 Å². The number of hydrogen-bond acceptors (Lipinski definition) is 11. The number of imidazole rings is 1. The minimum absolute atomic E-state index is 0.00290. The van der Waals surface area contributed by atoms with Crippen LogP contribution in [0, 0.1) is 17.1 Å². The molecule has 2 N–H and O–H groups in total. The van der Waals surface area contributed by atoms with Crippen molar-refractivity contribution in [2.24, 2.45) is 0 Å². The molecular weight excluding hydrogens is 603 g/mol. The number of nitrogens with zero attached hydrogens (tertiary/aromatic N) is 5. The Bertz CT molecular complexity index is 1820. The Morgan fingerprint density at radius 3 is 2.59 bits per heavy atom. The molecule has 0 bridgehead atoms. The number of pyridine rings is 2. The van der Waals surface area contributed by atoms with Crippen molar-refractivity contribution >= 4 is 44.0 Å². The second-order valence-electron chi connectivity index (χ2n) is 9.85. The number of hydrogen-bond donors (Lipinski definition) is 2. The van der Waals surface area contributed by atoms with Crippen molar-refractivity contribution in [1.82, 2.24) is 19.5 Å². The third-order valence-corrected chi connectivity index (χ3v) is 7.83. The molecule has 1 aliphatic heterocycles. The average molecular weight is 632 g/mol. The van der Waals surface area contributed by atoms with Crippen molar-refractivity contribution in [3.8, 4) is 11.8 Å². The summed E-state index contributed by atoms with van der Waals surface area (Å²) in [7, 11) is -2.39. The van der Waals surface area contributed by atoms with E-state index in [1.165, 1.54) is 35.9 Å². The van der Waals surface area contributed by atoms with Crippen LogP contribution in [0.15, 0.2) is 41.3 Å². The van der Waals surface area contributed by atoms with Gasteiger partial charge in [0.2, 0.25) is 0 Å². The maximum absolute atomic E-state index is 14.3. The minimum atomic E-state index is -3.90. The van der Waals surface area contributed by atoms with Crippen LogP contribution in [0.2, 0.25) is 0 Å². The first-order chi connectivity index (χ1) is 21.1. The van der Waals surface area contributed by atoms with Crippen molar-refractivity contribution in [1.29, 1.82) is 5.26 Å². The molecule has 0 spiro atoms. The summed E-state index contributed by atoms with van der Waals surface area (Å²) >= 11 is 0. The highest BCUT2D eigenvalue weighted by atomic mass is 32.2. The maximum atomic E-state index is 14.3. The van der Waals surface area contributed by atoms with E-state index in [0.29, 0.717) is 19.6 Å². The lowest BCUT2D eigenvalue weighted by Crippen LogP contribution is -2.20. The summed E-state index contributed by atoms with van der Waals surface area (Å²) in [5, 5.41) is 15.5. The highest BCUT2D eigenvalue weighted by Gasteiger charge is 2.29. The SMILES string of the molecule is COCCOc1ccc(Nc2cc(Nc3ccc(F)cc3S(C)(=O)=O)c3nc(C(F)F)n(C4CCCCO4)c3n2)nc1C#N. The van der Waals surface area contributed by atoms with Gasteiger partial charge in [0, 0.05) is 26.0 Å². The van der Waals surface area contributed by atoms with Crippen molar-refractivity contribution in [2.45, 2.75) is 36.8 Å². The normalized spacial score (nSPS) is 15.3. The molecule has 1 fully saturated rings. The Balaban J connectivity index is 1.64. The lowest BCUT2D eigenvalue weighted by atomic mass is 10.2. The topological polar surface area (TPSA) is 153 Å². The fraction of sp³-hybridized carbons (Fsp3) is 0.357. The summed E-state index contributed by atoms with van der Waals surface area (Å²) in [6.45, 7) is 0.868. The van der Waals surface area contributed by atoms with Crippen molar-refractivity contribution in [3.63, 3.8) is 0 Å². The minimum Gasteiger partial charge on any atom is -0.488 e. The molecule has 1 atom stereocenters. The summed E-state index contributed by atoms with van der Waals surface area (Å²) in [4.78, 5) is 12.7. The second-order valence-corrected chi connectivity index (χ2v) is 11.8. The second kappa shape index (κ2) is 13.0. The van der Waals surface area contributed by atoms with Crippen LogP contribution in [-0.2, 0) is 19.3 Å². The number of fused-ring (bicyclic) bond motifs is 1. The third-order valence-electron chi connectivity index (χ3n) is 6.69. The Kier molecular flexibility index (Phi) is 9.18. The van der Waals surface area contributed by atoms with Gasteiger partial charge in [0.25, 0.3) is 6.43 Å². The molecule has 0 radical (unpaired) electrons. The maximum Gasteiger partial charge on any atom is 0.295 e. The molecule has 4 aromatic rings. The molecule has 0 aliphatic carbocycles. The van der Waals surface area contributed by atoms with Gasteiger partial charge in [-0.05, 0) is 49.6 Å². The van der Waals surface area contributed by atoms with E-state index in [-0.39, 0.29) is 57.1 Å². The zero-order valence-electron chi connectivity index (χ0n) is 23.7. The summed E-state index contributed by atoms with van der Waals surface area (Å²) in [6.07, 6.45) is -0.867. The summed E-state index contributed by atoms with van der Waals surface area (Å²) in [5.41, 5.74) is 0.122. The zero-order chi connectivity index (χ0) is 31.4. The molecule has 5 rings (SSSR count). The van der Waals surface area contributed by atoms with Gasteiger partial charge in [-0.1, -0.05) is 0 Å². The number of anilines is 4. The molecule has 1 saturated heterocycles. The fourth-order valence-corrected chi connectivity index (χ4v) is 5.58. The van der Waals surface area contributed by atoms with Gasteiger partial charge in [0.1, 0.15) is 41.9 Å². The van der Waals surface area contributed by atoms with Crippen molar-refractivity contribution < 1.29 is 35.8 Å². The number of rotatable bonds is 11. The van der Waals surface area contributed by atoms with Gasteiger partial charge >= 0.3 is 0 Å². The number of ether oxygens (including phenoxy) is 3. The molecule has 1 aromatic carbocycles. The molecule has 3 aromatic heterocycles. The fourth-order valence-electron chi connectivity index (χ4n) is 4.73. The average Bonchev–Trinajstić information content (AvgIpc) is 3.39. The number of nitriles is 1. The molecule has 232 valence electrons. The quantitative estimate of drug-likeness (QED) is 0.205. The molecule has 16 heteroatoms. The summed E-state index contributed by atoms with van der Waals surface area (Å²) in [6, 6.07) is 9.61. The molecule has 1 aliphatic rings. The summed E-state index contributed by atoms with van der Waals surface area (Å²) in [5.74, 6) is -0.827. The lowest BCUT2D eigenvalue weighted by molar-refractivity contribution is -0.0363. The van der Waals surface area contributed by atoms with Crippen LogP contribution in [0.25, 0.3) is 11.2 Å². The van der Waals surface area contributed by atoms with Crippen LogP contribution >= 0.6 is 0 Å². The molecule has 0 amide bonds. The lowest BCUT2D eigenvalue weighted by Gasteiger charge is -2.25. The first kappa shape index (κ1) is 31.0. The number of methoxy groups -OCH3 is 1. The summed E-state index contributed by atoms with van der Waals surface area (Å²) < 4.78 is 85.2. The number of nitrogens with one attached hydrogen (secondary N) is 2. The van der Waals surface area contributed by atoms with E-state index in [1.807, 2.05) is 6.07 Å². The van der Waals surface area contributed by atoms with Crippen LogP contribution in [0.1, 0.15) is 43.4 Å². The standard InChI is InChI=1S/C28H28F3N7O5S/c1-41-11-12-42-20-8-9-22(34-19(20)15-32)35-23-14-18(33-17-7-6-16(29)13-21(17)44(2,39)40)25-27(36-23)38(28(37-25)26(30)31)24-5-3-4-10-43-24/h6-9,13-14,24,26H,3-5,10-12H2,1-2H3,(H2,33,34,35,36). The first-order valence-electron chi connectivity index (χ1n) is 13.5. The number of alkyl halides is 2. The van der Waals surface area contributed by atoms with Gasteiger partial charge in [0.05, 0.1) is 22.9 Å². The first-order valence-corrected chi connectivity index (χ1v) is 15.4. The molecule has 44 heavy (non-hydrogen) atoms. The molecule has 12 nitrogen and oxygen atoms in total. The van der Waals surface area contributed by atoms with E-state index in [2.05, 4.69) is 25.6 Å². The van der Waals surface area contributed by atoms with E-state index in [4.69, 9.17) is 14.2 Å². The Morgan fingerprint density at radius 2 is 1.91 bits per heavy atom. The van der Waals surface area contributed by atoms with Gasteiger partial charge in [-0.2, -0.15) is 5.26 Å². The van der Waals surface area contributed by atoms with Crippen LogP contribution < -0.4 is 15.4 Å². The Morgan fingerprint density at radius 1 is 1.09 bits per heavy atom. The van der Waals surface area contributed by atoms with Crippen LogP contribution in [-0.4, -0.2) is 61.1 Å². The van der Waals surface area contributed by atoms with Gasteiger partial charge < -0.3 is 24.8 Å². The molecule has 0 saturated carbocycles. The molecule has 4 heterocycles. The zero-order valence-corrected chi connectivity index (χ0v) is 24.5. The highest BCUT2D eigenvalue weighted by molar-refractivity contribution is 7.90. The van der Waals surface area contributed by atoms with Gasteiger partial charge in [-0.15, -0.1) is 0 Å². The molecular formula is C28H28F3N7O5S. The van der Waals surface area contributed by atoms with Crippen molar-refractivity contribution in [3.05, 3.63) is 53.7 Å². The monoisotopic (exact) mass is 631 g/mol. The predicted molar refractivity (Wildman–Crippen MR) is 154 cm³/mol. The van der Waals surface area contributed by atoms with Gasteiger partial charge in [-0.25, -0.2) is 36.5 Å². The van der Waals surface area contributed by atoms with Crippen LogP contribution in [0.3, 0.4) is 0 Å². The van der Waals surface area contributed by atoms with Gasteiger partial charge in [0.15, 0.2) is 32.8 Å². The van der Waals surface area contributed by atoms with E-state index in [1.54, 1.807) is 0 Å². The smallest absolute Gasteiger partial charge is 0.295 e. The third kappa shape index (κ3) is 6.69. The molecule has 1 unspecified atom stereocenters. The number of halogens is 3. The van der Waals surface area contributed by atoms with E-state index in [0.717, 1.165) is 31.2 Å². The van der Waals surface area contributed by atoms with E-state index >= 15 is 0 Å². The van der Waals surface area contributed by atoms with E-state index in [9.17, 15) is 26.9 Å². The number of sulfone groups is 1. The predicted octanol–water partition coefficient (Wildman–Crippen LogP) is 5.39. The van der Waals surface area contributed by atoms with Gasteiger partial charge in [-0.3, -0.25) is 4.57 Å². The number of aromatic nitrogens is 4. The largest absolute Gasteiger partial charge is 0.488 e. The van der Waals surface area contributed by atoms with E-state index < -0.39 is 34.1 Å². The van der Waals surface area contributed by atoms with Crippen LogP contribution in [0.4, 0.5) is 36.2 Å². The highest BCUT2D eigenvalue weighted by Crippen LogP contribution is 2.37. The number of benzene rings is 1. The van der Waals surface area contributed by atoms with Crippen molar-refractivity contribution in [2.75, 3.05) is 43.8 Å². The Labute approximate surface area is 250 Å². The Hall–Kier alpha value is -4.46.